The Bertz CT molecular complexity index is 1410. The second-order valence-corrected chi connectivity index (χ2v) is 9.68. The summed E-state index contributed by atoms with van der Waals surface area (Å²) in [5.74, 6) is 0.799. The first-order valence-corrected chi connectivity index (χ1v) is 12.8. The van der Waals surface area contributed by atoms with Crippen LogP contribution in [0.4, 0.5) is 5.69 Å². The van der Waals surface area contributed by atoms with E-state index in [1.54, 1.807) is 7.11 Å². The summed E-state index contributed by atoms with van der Waals surface area (Å²) in [4.78, 5) is 6.92. The average molecular weight is 497 g/mol. The highest BCUT2D eigenvalue weighted by molar-refractivity contribution is 7.80. The van der Waals surface area contributed by atoms with E-state index in [1.165, 1.54) is 33.8 Å². The molecule has 36 heavy (non-hydrogen) atoms. The quantitative estimate of drug-likeness (QED) is 0.307. The van der Waals surface area contributed by atoms with Gasteiger partial charge in [0.1, 0.15) is 5.75 Å². The number of hydrogen-bond acceptors (Lipinski definition) is 3. The molecule has 0 saturated carbocycles. The van der Waals surface area contributed by atoms with Crippen molar-refractivity contribution >= 4 is 23.0 Å². The lowest BCUT2D eigenvalue weighted by Crippen LogP contribution is -2.29. The van der Waals surface area contributed by atoms with E-state index in [9.17, 15) is 0 Å². The first kappa shape index (κ1) is 24.1. The molecule has 1 saturated heterocycles. The van der Waals surface area contributed by atoms with Gasteiger partial charge in [0.05, 0.1) is 30.6 Å². The number of hydrogen-bond donors (Lipinski definition) is 1. The molecule has 2 atom stereocenters. The number of methoxy groups -OCH3 is 1. The van der Waals surface area contributed by atoms with Crippen LogP contribution in [-0.4, -0.2) is 21.8 Å². The van der Waals surface area contributed by atoms with Crippen LogP contribution in [0, 0.1) is 20.8 Å². The number of benzene rings is 2. The van der Waals surface area contributed by atoms with Crippen LogP contribution in [-0.2, 0) is 6.42 Å². The highest BCUT2D eigenvalue weighted by atomic mass is 32.1. The molecule has 0 unspecified atom stereocenters. The molecule has 1 aliphatic rings. The van der Waals surface area contributed by atoms with Gasteiger partial charge in [-0.3, -0.25) is 4.98 Å². The predicted molar refractivity (Wildman–Crippen MR) is 150 cm³/mol. The topological polar surface area (TPSA) is 42.3 Å². The molecule has 6 heteroatoms. The van der Waals surface area contributed by atoms with Crippen molar-refractivity contribution in [3.8, 4) is 11.4 Å². The van der Waals surface area contributed by atoms with Crippen molar-refractivity contribution in [2.75, 3.05) is 12.0 Å². The number of para-hydroxylation sites is 1. The van der Waals surface area contributed by atoms with E-state index >= 15 is 0 Å². The third kappa shape index (κ3) is 4.05. The third-order valence-corrected chi connectivity index (χ3v) is 7.46. The molecule has 0 bridgehead atoms. The molecule has 0 radical (unpaired) electrons. The molecule has 1 aliphatic heterocycles. The Labute approximate surface area is 218 Å². The van der Waals surface area contributed by atoms with Crippen molar-refractivity contribution < 1.29 is 4.74 Å². The maximum absolute atomic E-state index is 5.93. The summed E-state index contributed by atoms with van der Waals surface area (Å²) in [6, 6.07) is 22.8. The van der Waals surface area contributed by atoms with E-state index in [-0.39, 0.29) is 12.1 Å². The number of rotatable bonds is 6. The summed E-state index contributed by atoms with van der Waals surface area (Å²) in [5.41, 5.74) is 9.48. The second-order valence-electron chi connectivity index (χ2n) is 9.30. The molecule has 0 aliphatic carbocycles. The van der Waals surface area contributed by atoms with Gasteiger partial charge in [-0.15, -0.1) is 0 Å². The maximum atomic E-state index is 5.93. The molecule has 5 nitrogen and oxygen atoms in total. The molecular weight excluding hydrogens is 464 g/mol. The summed E-state index contributed by atoms with van der Waals surface area (Å²) in [7, 11) is 1.69. The van der Waals surface area contributed by atoms with E-state index in [1.807, 2.05) is 36.5 Å². The number of aryl methyl sites for hydroxylation is 3. The lowest BCUT2D eigenvalue weighted by Gasteiger charge is -2.28. The predicted octanol–water partition coefficient (Wildman–Crippen LogP) is 6.55. The molecule has 1 N–H and O–H groups in total. The molecule has 184 valence electrons. The number of pyridine rings is 1. The fraction of sp³-hybridized carbons (Fsp3) is 0.267. The first-order valence-electron chi connectivity index (χ1n) is 12.4. The van der Waals surface area contributed by atoms with Gasteiger partial charge in [0, 0.05) is 29.3 Å². The fourth-order valence-electron chi connectivity index (χ4n) is 5.47. The summed E-state index contributed by atoms with van der Waals surface area (Å²) < 4.78 is 7.95. The minimum atomic E-state index is -0.0960. The highest BCUT2D eigenvalue weighted by Crippen LogP contribution is 2.44. The van der Waals surface area contributed by atoms with Crippen LogP contribution < -0.4 is 15.0 Å². The Morgan fingerprint density at radius 1 is 1.00 bits per heavy atom. The van der Waals surface area contributed by atoms with Gasteiger partial charge < -0.3 is 19.5 Å². The number of aromatic nitrogens is 2. The van der Waals surface area contributed by atoms with Gasteiger partial charge in [0.2, 0.25) is 0 Å². The van der Waals surface area contributed by atoms with Gasteiger partial charge >= 0.3 is 0 Å². The lowest BCUT2D eigenvalue weighted by atomic mass is 9.96. The summed E-state index contributed by atoms with van der Waals surface area (Å²) in [5, 5.41) is 4.26. The van der Waals surface area contributed by atoms with Gasteiger partial charge in [-0.1, -0.05) is 37.3 Å². The molecule has 2 aromatic carbocycles. The standard InChI is InChI=1S/C30H32N4OS/c1-6-22-12-9-11-19(2)28(22)33-20(3)17-25(21(33)4)29-27(26-15-7-8-16-31-26)32-30(36)34(29)23-13-10-14-24(18-23)35-5/h7-18,27,29H,6H2,1-5H3,(H,32,36)/t27-,29-/m1/s1. The third-order valence-electron chi connectivity index (χ3n) is 7.14. The highest BCUT2D eigenvalue weighted by Gasteiger charge is 2.42. The summed E-state index contributed by atoms with van der Waals surface area (Å²) in [6.45, 7) is 8.82. The van der Waals surface area contributed by atoms with Crippen molar-refractivity contribution in [2.45, 2.75) is 46.2 Å². The monoisotopic (exact) mass is 496 g/mol. The minimum Gasteiger partial charge on any atom is -0.497 e. The second kappa shape index (κ2) is 9.78. The van der Waals surface area contributed by atoms with Crippen molar-refractivity contribution in [2.24, 2.45) is 0 Å². The smallest absolute Gasteiger partial charge is 0.174 e. The van der Waals surface area contributed by atoms with E-state index in [0.29, 0.717) is 5.11 Å². The number of ether oxygens (including phenoxy) is 1. The van der Waals surface area contributed by atoms with Crippen LogP contribution in [0.2, 0.25) is 0 Å². The van der Waals surface area contributed by atoms with E-state index in [2.05, 4.69) is 78.9 Å². The summed E-state index contributed by atoms with van der Waals surface area (Å²) in [6.07, 6.45) is 2.82. The lowest BCUT2D eigenvalue weighted by molar-refractivity contribution is 0.415. The van der Waals surface area contributed by atoms with Crippen molar-refractivity contribution in [1.29, 1.82) is 0 Å². The molecule has 0 spiro atoms. The number of anilines is 1. The zero-order chi connectivity index (χ0) is 25.4. The molecular formula is C30H32N4OS. The van der Waals surface area contributed by atoms with Crippen LogP contribution in [0.5, 0.6) is 5.75 Å². The molecule has 2 aromatic heterocycles. The van der Waals surface area contributed by atoms with E-state index in [0.717, 1.165) is 23.6 Å². The summed E-state index contributed by atoms with van der Waals surface area (Å²) >= 11 is 5.93. The zero-order valence-corrected chi connectivity index (χ0v) is 22.3. The maximum Gasteiger partial charge on any atom is 0.174 e. The molecule has 0 amide bonds. The fourth-order valence-corrected chi connectivity index (χ4v) is 5.81. The minimum absolute atomic E-state index is 0.0754. The van der Waals surface area contributed by atoms with Crippen molar-refractivity contribution in [3.63, 3.8) is 0 Å². The first-order chi connectivity index (χ1) is 17.4. The zero-order valence-electron chi connectivity index (χ0n) is 21.4. The van der Waals surface area contributed by atoms with Crippen molar-refractivity contribution in [1.82, 2.24) is 14.9 Å². The van der Waals surface area contributed by atoms with E-state index < -0.39 is 0 Å². The van der Waals surface area contributed by atoms with Crippen LogP contribution in [0.25, 0.3) is 5.69 Å². The van der Waals surface area contributed by atoms with Crippen LogP contribution in [0.3, 0.4) is 0 Å². The molecule has 3 heterocycles. The number of thiocarbonyl (C=S) groups is 1. The Balaban J connectivity index is 1.71. The Morgan fingerprint density at radius 2 is 1.81 bits per heavy atom. The van der Waals surface area contributed by atoms with Gasteiger partial charge in [-0.25, -0.2) is 0 Å². The van der Waals surface area contributed by atoms with Gasteiger partial charge in [-0.05, 0) is 86.4 Å². The average Bonchev–Trinajstić information content (AvgIpc) is 3.39. The Morgan fingerprint density at radius 3 is 2.53 bits per heavy atom. The van der Waals surface area contributed by atoms with Crippen LogP contribution >= 0.6 is 12.2 Å². The Hall–Kier alpha value is -3.64. The molecule has 4 aromatic rings. The van der Waals surface area contributed by atoms with Crippen molar-refractivity contribution in [3.05, 3.63) is 107 Å². The Kier molecular flexibility index (Phi) is 6.54. The number of nitrogens with one attached hydrogen (secondary N) is 1. The normalized spacial score (nSPS) is 17.4. The molecule has 1 fully saturated rings. The van der Waals surface area contributed by atoms with Crippen LogP contribution in [0.15, 0.2) is 72.9 Å². The SMILES string of the molecule is CCc1cccc(C)c1-n1c(C)cc([C@@H]2[C@@H](c3ccccn3)NC(=S)N2c2cccc(OC)c2)c1C. The largest absolute Gasteiger partial charge is 0.497 e. The number of nitrogens with zero attached hydrogens (tertiary/aromatic N) is 3. The van der Waals surface area contributed by atoms with E-state index in [4.69, 9.17) is 21.9 Å². The van der Waals surface area contributed by atoms with Gasteiger partial charge in [0.25, 0.3) is 0 Å². The molecule has 5 rings (SSSR count). The van der Waals surface area contributed by atoms with Gasteiger partial charge in [-0.2, -0.15) is 0 Å². The van der Waals surface area contributed by atoms with Crippen LogP contribution in [0.1, 0.15) is 52.8 Å². The van der Waals surface area contributed by atoms with Gasteiger partial charge in [0.15, 0.2) is 5.11 Å².